The maximum Gasteiger partial charge on any atom is 0.170 e. The van der Waals surface area contributed by atoms with E-state index >= 15 is 0 Å². The third kappa shape index (κ3) is 2.03. The molecule has 0 spiro atoms. The van der Waals surface area contributed by atoms with Gasteiger partial charge in [0, 0.05) is 5.69 Å². The average Bonchev–Trinajstić information content (AvgIpc) is 2.74. The molecule has 1 heterocycles. The van der Waals surface area contributed by atoms with Crippen LogP contribution in [0, 0.1) is 0 Å². The van der Waals surface area contributed by atoms with Crippen LogP contribution >= 0.6 is 0 Å². The highest BCUT2D eigenvalue weighted by Gasteiger charge is 2.07. The zero-order valence-corrected chi connectivity index (χ0v) is 9.26. The Balaban J connectivity index is 2.46. The molecule has 2 aromatic rings. The van der Waals surface area contributed by atoms with E-state index in [-0.39, 0.29) is 0 Å². The number of para-hydroxylation sites is 1. The molecule has 1 aromatic carbocycles. The number of nitrogens with zero attached hydrogens (tertiary/aromatic N) is 2. The smallest absolute Gasteiger partial charge is 0.170 e. The van der Waals surface area contributed by atoms with Crippen LogP contribution in [0.3, 0.4) is 0 Å². The molecule has 0 saturated carbocycles. The number of aldehydes is 1. The molecule has 0 aliphatic carbocycles. The van der Waals surface area contributed by atoms with E-state index in [1.54, 1.807) is 0 Å². The van der Waals surface area contributed by atoms with Crippen molar-refractivity contribution < 1.29 is 4.79 Å². The van der Waals surface area contributed by atoms with Crippen LogP contribution in [0.2, 0.25) is 0 Å². The maximum absolute atomic E-state index is 10.7. The van der Waals surface area contributed by atoms with Gasteiger partial charge < -0.3 is 0 Å². The van der Waals surface area contributed by atoms with Gasteiger partial charge in [0.05, 0.1) is 5.69 Å². The van der Waals surface area contributed by atoms with Crippen molar-refractivity contribution in [3.63, 3.8) is 0 Å². The topological polar surface area (TPSA) is 34.9 Å². The van der Waals surface area contributed by atoms with Gasteiger partial charge in [-0.3, -0.25) is 4.79 Å². The average molecular weight is 214 g/mol. The minimum Gasteiger partial charge on any atom is -0.296 e. The third-order valence-corrected chi connectivity index (χ3v) is 2.43. The van der Waals surface area contributed by atoms with Crippen molar-refractivity contribution in [2.24, 2.45) is 0 Å². The SMILES string of the molecule is CCCc1cc(C=O)nn1-c1ccccc1. The number of carbonyl (C=O) groups is 1. The van der Waals surface area contributed by atoms with Gasteiger partial charge in [0.15, 0.2) is 6.29 Å². The molecule has 1 aromatic heterocycles. The second-order valence-corrected chi connectivity index (χ2v) is 3.68. The first kappa shape index (κ1) is 10.6. The minimum absolute atomic E-state index is 0.493. The predicted octanol–water partition coefficient (Wildman–Crippen LogP) is 2.64. The van der Waals surface area contributed by atoms with Crippen molar-refractivity contribution in [1.82, 2.24) is 9.78 Å². The predicted molar refractivity (Wildman–Crippen MR) is 62.9 cm³/mol. The molecule has 0 unspecified atom stereocenters. The number of hydrogen-bond acceptors (Lipinski definition) is 2. The second kappa shape index (κ2) is 4.75. The van der Waals surface area contributed by atoms with Gasteiger partial charge in [-0.1, -0.05) is 31.5 Å². The van der Waals surface area contributed by atoms with E-state index in [2.05, 4.69) is 12.0 Å². The van der Waals surface area contributed by atoms with Crippen molar-refractivity contribution in [2.45, 2.75) is 19.8 Å². The quantitative estimate of drug-likeness (QED) is 0.733. The van der Waals surface area contributed by atoms with Gasteiger partial charge in [0.1, 0.15) is 5.69 Å². The monoisotopic (exact) mass is 214 g/mol. The van der Waals surface area contributed by atoms with Gasteiger partial charge in [-0.05, 0) is 24.6 Å². The molecule has 3 heteroatoms. The van der Waals surface area contributed by atoms with Crippen LogP contribution in [0.4, 0.5) is 0 Å². The lowest BCUT2D eigenvalue weighted by Crippen LogP contribution is -2.01. The Morgan fingerprint density at radius 1 is 1.31 bits per heavy atom. The summed E-state index contributed by atoms with van der Waals surface area (Å²) in [4.78, 5) is 10.7. The van der Waals surface area contributed by atoms with Crippen LogP contribution in [-0.4, -0.2) is 16.1 Å². The highest BCUT2D eigenvalue weighted by molar-refractivity contribution is 5.72. The molecule has 2 rings (SSSR count). The summed E-state index contributed by atoms with van der Waals surface area (Å²) in [5, 5.41) is 4.27. The summed E-state index contributed by atoms with van der Waals surface area (Å²) in [7, 11) is 0. The Bertz CT molecular complexity index is 474. The van der Waals surface area contributed by atoms with Gasteiger partial charge in [0.25, 0.3) is 0 Å². The summed E-state index contributed by atoms with van der Waals surface area (Å²) in [6.45, 7) is 2.11. The first-order valence-electron chi connectivity index (χ1n) is 5.44. The lowest BCUT2D eigenvalue weighted by molar-refractivity contribution is 0.111. The Morgan fingerprint density at radius 2 is 2.06 bits per heavy atom. The first-order chi connectivity index (χ1) is 7.85. The molecule has 82 valence electrons. The van der Waals surface area contributed by atoms with Gasteiger partial charge in [-0.15, -0.1) is 0 Å². The molecule has 3 nitrogen and oxygen atoms in total. The second-order valence-electron chi connectivity index (χ2n) is 3.68. The van der Waals surface area contributed by atoms with Crippen LogP contribution in [0.25, 0.3) is 5.69 Å². The van der Waals surface area contributed by atoms with E-state index in [0.717, 1.165) is 30.5 Å². The van der Waals surface area contributed by atoms with Crippen molar-refractivity contribution >= 4 is 6.29 Å². The Kier molecular flexibility index (Phi) is 3.15. The summed E-state index contributed by atoms with van der Waals surface area (Å²) in [5.74, 6) is 0. The van der Waals surface area contributed by atoms with Crippen LogP contribution in [-0.2, 0) is 6.42 Å². The lowest BCUT2D eigenvalue weighted by atomic mass is 10.2. The molecule has 0 fully saturated rings. The molecule has 0 N–H and O–H groups in total. The van der Waals surface area contributed by atoms with Crippen molar-refractivity contribution in [2.75, 3.05) is 0 Å². The highest BCUT2D eigenvalue weighted by Crippen LogP contribution is 2.13. The Morgan fingerprint density at radius 3 is 2.69 bits per heavy atom. The molecule has 0 amide bonds. The zero-order chi connectivity index (χ0) is 11.4. The van der Waals surface area contributed by atoms with E-state index in [0.29, 0.717) is 5.69 Å². The van der Waals surface area contributed by atoms with Gasteiger partial charge >= 0.3 is 0 Å². The number of aromatic nitrogens is 2. The molecule has 0 aliphatic heterocycles. The molecular weight excluding hydrogens is 200 g/mol. The molecule has 16 heavy (non-hydrogen) atoms. The molecule has 0 aliphatic rings. The van der Waals surface area contributed by atoms with E-state index < -0.39 is 0 Å². The summed E-state index contributed by atoms with van der Waals surface area (Å²) >= 11 is 0. The van der Waals surface area contributed by atoms with E-state index in [9.17, 15) is 4.79 Å². The van der Waals surface area contributed by atoms with E-state index in [4.69, 9.17) is 0 Å². The summed E-state index contributed by atoms with van der Waals surface area (Å²) < 4.78 is 1.84. The number of rotatable bonds is 4. The van der Waals surface area contributed by atoms with Crippen LogP contribution < -0.4 is 0 Å². The molecule has 0 bridgehead atoms. The van der Waals surface area contributed by atoms with E-state index in [1.807, 2.05) is 41.1 Å². The highest BCUT2D eigenvalue weighted by atomic mass is 16.1. The van der Waals surface area contributed by atoms with Crippen LogP contribution in [0.5, 0.6) is 0 Å². The fourth-order valence-electron chi connectivity index (χ4n) is 1.72. The zero-order valence-electron chi connectivity index (χ0n) is 9.26. The Hall–Kier alpha value is -1.90. The first-order valence-corrected chi connectivity index (χ1v) is 5.44. The number of aryl methyl sites for hydroxylation is 1. The maximum atomic E-state index is 10.7. The van der Waals surface area contributed by atoms with Crippen LogP contribution in [0.1, 0.15) is 29.5 Å². The normalized spacial score (nSPS) is 10.3. The minimum atomic E-state index is 0.493. The summed E-state index contributed by atoms with van der Waals surface area (Å²) in [5.41, 5.74) is 2.57. The van der Waals surface area contributed by atoms with Crippen molar-refractivity contribution in [3.8, 4) is 5.69 Å². The fraction of sp³-hybridized carbons (Fsp3) is 0.231. The number of carbonyl (C=O) groups excluding carboxylic acids is 1. The van der Waals surface area contributed by atoms with Gasteiger partial charge in [0.2, 0.25) is 0 Å². The standard InChI is InChI=1S/C13H14N2O/c1-2-6-13-9-11(10-16)14-15(13)12-7-4-3-5-8-12/h3-5,7-10H,2,6H2,1H3. The third-order valence-electron chi connectivity index (χ3n) is 2.43. The molecule has 0 atom stereocenters. The Labute approximate surface area is 94.7 Å². The largest absolute Gasteiger partial charge is 0.296 e. The molecular formula is C13H14N2O. The van der Waals surface area contributed by atoms with Gasteiger partial charge in [-0.25, -0.2) is 4.68 Å². The number of benzene rings is 1. The van der Waals surface area contributed by atoms with E-state index in [1.165, 1.54) is 0 Å². The molecule has 0 radical (unpaired) electrons. The lowest BCUT2D eigenvalue weighted by Gasteiger charge is -2.05. The fourth-order valence-corrected chi connectivity index (χ4v) is 1.72. The number of hydrogen-bond donors (Lipinski definition) is 0. The molecule has 0 saturated heterocycles. The van der Waals surface area contributed by atoms with Crippen LogP contribution in [0.15, 0.2) is 36.4 Å². The van der Waals surface area contributed by atoms with Crippen molar-refractivity contribution in [1.29, 1.82) is 0 Å². The summed E-state index contributed by atoms with van der Waals surface area (Å²) in [6, 6.07) is 11.7. The summed E-state index contributed by atoms with van der Waals surface area (Å²) in [6.07, 6.45) is 2.76. The van der Waals surface area contributed by atoms with Gasteiger partial charge in [-0.2, -0.15) is 5.10 Å². The van der Waals surface area contributed by atoms with Crippen molar-refractivity contribution in [3.05, 3.63) is 47.8 Å².